The Bertz CT molecular complexity index is 918. The van der Waals surface area contributed by atoms with Crippen LogP contribution < -0.4 is 10.6 Å². The van der Waals surface area contributed by atoms with Crippen molar-refractivity contribution in [2.24, 2.45) is 0 Å². The fourth-order valence-corrected chi connectivity index (χ4v) is 2.25. The van der Waals surface area contributed by atoms with Crippen LogP contribution in [0.4, 0.5) is 11.4 Å². The molecule has 0 atom stereocenters. The number of nitriles is 1. The van der Waals surface area contributed by atoms with Crippen LogP contribution in [0.1, 0.15) is 21.5 Å². The highest BCUT2D eigenvalue weighted by Crippen LogP contribution is 2.17. The van der Waals surface area contributed by atoms with Gasteiger partial charge in [-0.15, -0.1) is 0 Å². The molecular weight excluding hydrogens is 314 g/mol. The first kappa shape index (κ1) is 16.1. The number of aromatic nitrogens is 2. The van der Waals surface area contributed by atoms with Crippen molar-refractivity contribution in [1.82, 2.24) is 15.3 Å². The Morgan fingerprint density at radius 1 is 1.04 bits per heavy atom. The minimum absolute atomic E-state index is 0.210. The van der Waals surface area contributed by atoms with Gasteiger partial charge in [-0.25, -0.2) is 0 Å². The van der Waals surface area contributed by atoms with Crippen LogP contribution in [0.2, 0.25) is 0 Å². The Hall–Kier alpha value is -3.72. The van der Waals surface area contributed by atoms with E-state index in [9.17, 15) is 4.79 Å². The molecule has 0 unspecified atom stereocenters. The Balaban J connectivity index is 1.68. The van der Waals surface area contributed by atoms with E-state index in [1.807, 2.05) is 18.2 Å². The number of anilines is 2. The zero-order valence-corrected chi connectivity index (χ0v) is 13.3. The van der Waals surface area contributed by atoms with Crippen molar-refractivity contribution in [3.63, 3.8) is 0 Å². The number of rotatable bonds is 5. The number of amides is 1. The highest BCUT2D eigenvalue weighted by molar-refractivity contribution is 5.94. The molecule has 0 spiro atoms. The van der Waals surface area contributed by atoms with Crippen LogP contribution in [0, 0.1) is 11.3 Å². The molecule has 0 saturated carbocycles. The number of pyridine rings is 2. The second-order valence-electron chi connectivity index (χ2n) is 5.32. The molecule has 3 rings (SSSR count). The van der Waals surface area contributed by atoms with Gasteiger partial charge in [0, 0.05) is 30.8 Å². The molecule has 2 N–H and O–H groups in total. The number of carbonyl (C=O) groups is 1. The van der Waals surface area contributed by atoms with Crippen molar-refractivity contribution in [2.45, 2.75) is 6.54 Å². The summed E-state index contributed by atoms with van der Waals surface area (Å²) in [5, 5.41) is 14.9. The predicted octanol–water partition coefficient (Wildman–Crippen LogP) is 3.02. The minimum atomic E-state index is -0.210. The van der Waals surface area contributed by atoms with Crippen molar-refractivity contribution >= 4 is 17.3 Å². The second kappa shape index (κ2) is 7.70. The van der Waals surface area contributed by atoms with E-state index in [4.69, 9.17) is 5.26 Å². The molecular formula is C19H15N5O. The Morgan fingerprint density at radius 2 is 1.88 bits per heavy atom. The van der Waals surface area contributed by atoms with Crippen LogP contribution in [0.15, 0.2) is 67.3 Å². The third-order valence-corrected chi connectivity index (χ3v) is 3.48. The zero-order chi connectivity index (χ0) is 17.5. The van der Waals surface area contributed by atoms with Gasteiger partial charge >= 0.3 is 0 Å². The molecule has 6 nitrogen and oxygen atoms in total. The van der Waals surface area contributed by atoms with E-state index < -0.39 is 0 Å². The molecule has 0 saturated heterocycles. The lowest BCUT2D eigenvalue weighted by Gasteiger charge is -2.09. The average molecular weight is 329 g/mol. The van der Waals surface area contributed by atoms with Crippen molar-refractivity contribution in [3.05, 3.63) is 83.9 Å². The van der Waals surface area contributed by atoms with Gasteiger partial charge in [0.2, 0.25) is 0 Å². The van der Waals surface area contributed by atoms with Gasteiger partial charge in [0.25, 0.3) is 5.91 Å². The monoisotopic (exact) mass is 329 g/mol. The van der Waals surface area contributed by atoms with Crippen LogP contribution >= 0.6 is 0 Å². The first-order chi connectivity index (χ1) is 12.2. The fraction of sp³-hybridized carbons (Fsp3) is 0.0526. The van der Waals surface area contributed by atoms with Gasteiger partial charge in [0.05, 0.1) is 29.1 Å². The topological polar surface area (TPSA) is 90.7 Å². The maximum absolute atomic E-state index is 12.3. The molecule has 122 valence electrons. The fourth-order valence-electron chi connectivity index (χ4n) is 2.25. The van der Waals surface area contributed by atoms with Crippen molar-refractivity contribution < 1.29 is 4.79 Å². The maximum Gasteiger partial charge on any atom is 0.253 e. The maximum atomic E-state index is 12.3. The summed E-state index contributed by atoms with van der Waals surface area (Å²) >= 11 is 0. The van der Waals surface area contributed by atoms with Crippen LogP contribution in [-0.2, 0) is 6.54 Å². The SMILES string of the molecule is N#Cc1cccc(Nc2cncc(C(=O)NCc3ccncc3)c2)c1. The number of nitrogens with zero attached hydrogens (tertiary/aromatic N) is 3. The Kier molecular flexibility index (Phi) is 4.98. The zero-order valence-electron chi connectivity index (χ0n) is 13.3. The van der Waals surface area contributed by atoms with Crippen molar-refractivity contribution in [1.29, 1.82) is 5.26 Å². The van der Waals surface area contributed by atoms with Gasteiger partial charge in [0.1, 0.15) is 0 Å². The molecule has 1 aromatic carbocycles. The lowest BCUT2D eigenvalue weighted by Crippen LogP contribution is -2.23. The molecule has 0 fully saturated rings. The van der Waals surface area contributed by atoms with Crippen LogP contribution in [0.3, 0.4) is 0 Å². The van der Waals surface area contributed by atoms with Crippen LogP contribution in [0.5, 0.6) is 0 Å². The molecule has 0 bridgehead atoms. The van der Waals surface area contributed by atoms with Crippen LogP contribution in [0.25, 0.3) is 0 Å². The van der Waals surface area contributed by atoms with E-state index in [1.165, 1.54) is 6.20 Å². The van der Waals surface area contributed by atoms with E-state index in [0.717, 1.165) is 11.3 Å². The third-order valence-electron chi connectivity index (χ3n) is 3.48. The largest absolute Gasteiger partial charge is 0.354 e. The summed E-state index contributed by atoms with van der Waals surface area (Å²) in [5.74, 6) is -0.210. The lowest BCUT2D eigenvalue weighted by molar-refractivity contribution is 0.0950. The summed E-state index contributed by atoms with van der Waals surface area (Å²) in [6.07, 6.45) is 6.50. The number of carbonyl (C=O) groups excluding carboxylic acids is 1. The highest BCUT2D eigenvalue weighted by atomic mass is 16.1. The molecule has 25 heavy (non-hydrogen) atoms. The first-order valence-electron chi connectivity index (χ1n) is 7.64. The molecule has 2 aromatic heterocycles. The first-order valence-corrected chi connectivity index (χ1v) is 7.64. The van der Waals surface area contributed by atoms with E-state index in [0.29, 0.717) is 23.4 Å². The molecule has 6 heteroatoms. The molecule has 0 aliphatic heterocycles. The summed E-state index contributed by atoms with van der Waals surface area (Å²) < 4.78 is 0. The van der Waals surface area contributed by atoms with Gasteiger partial charge < -0.3 is 10.6 Å². The van der Waals surface area contributed by atoms with Gasteiger partial charge in [-0.1, -0.05) is 6.07 Å². The molecule has 0 aliphatic carbocycles. The van der Waals surface area contributed by atoms with Gasteiger partial charge in [-0.2, -0.15) is 5.26 Å². The van der Waals surface area contributed by atoms with Gasteiger partial charge in [-0.3, -0.25) is 14.8 Å². The summed E-state index contributed by atoms with van der Waals surface area (Å²) in [5.41, 5.74) is 3.42. The summed E-state index contributed by atoms with van der Waals surface area (Å²) in [4.78, 5) is 20.3. The van der Waals surface area contributed by atoms with Gasteiger partial charge in [-0.05, 0) is 42.0 Å². The molecule has 0 radical (unpaired) electrons. The average Bonchev–Trinajstić information content (AvgIpc) is 2.67. The quantitative estimate of drug-likeness (QED) is 0.751. The Labute approximate surface area is 145 Å². The minimum Gasteiger partial charge on any atom is -0.354 e. The van der Waals surface area contributed by atoms with Gasteiger partial charge in [0.15, 0.2) is 0 Å². The predicted molar refractivity (Wildman–Crippen MR) is 94.1 cm³/mol. The summed E-state index contributed by atoms with van der Waals surface area (Å²) in [6, 6.07) is 14.6. The highest BCUT2D eigenvalue weighted by Gasteiger charge is 2.07. The summed E-state index contributed by atoms with van der Waals surface area (Å²) in [7, 11) is 0. The second-order valence-corrected chi connectivity index (χ2v) is 5.32. The molecule has 3 aromatic rings. The normalized spacial score (nSPS) is 9.88. The van der Waals surface area contributed by atoms with Crippen LogP contribution in [-0.4, -0.2) is 15.9 Å². The number of hydrogen-bond donors (Lipinski definition) is 2. The molecule has 0 aliphatic rings. The van der Waals surface area contributed by atoms with E-state index in [2.05, 4.69) is 26.7 Å². The molecule has 2 heterocycles. The van der Waals surface area contributed by atoms with Crippen molar-refractivity contribution in [2.75, 3.05) is 5.32 Å². The van der Waals surface area contributed by atoms with E-state index >= 15 is 0 Å². The lowest BCUT2D eigenvalue weighted by atomic mass is 10.2. The van der Waals surface area contributed by atoms with Crippen molar-refractivity contribution in [3.8, 4) is 6.07 Å². The van der Waals surface area contributed by atoms with E-state index in [1.54, 1.807) is 42.9 Å². The standard InChI is InChI=1S/C19H15N5O/c20-10-15-2-1-3-17(8-15)24-18-9-16(12-22-13-18)19(25)23-11-14-4-6-21-7-5-14/h1-9,12-13,24H,11H2,(H,23,25). The number of hydrogen-bond acceptors (Lipinski definition) is 5. The number of benzene rings is 1. The third kappa shape index (κ3) is 4.39. The van der Waals surface area contributed by atoms with E-state index in [-0.39, 0.29) is 5.91 Å². The smallest absolute Gasteiger partial charge is 0.253 e. The number of nitrogens with one attached hydrogen (secondary N) is 2. The molecule has 1 amide bonds. The summed E-state index contributed by atoms with van der Waals surface area (Å²) in [6.45, 7) is 0.420. The Morgan fingerprint density at radius 3 is 2.68 bits per heavy atom.